The lowest BCUT2D eigenvalue weighted by Crippen LogP contribution is -2.53. The molecule has 0 unspecified atom stereocenters. The lowest BCUT2D eigenvalue weighted by Gasteiger charge is -2.23. The molecule has 2 amide bonds. The first kappa shape index (κ1) is 22.9. The first-order valence-electron chi connectivity index (χ1n) is 10.4. The topological polar surface area (TPSA) is 87.7 Å². The van der Waals surface area contributed by atoms with Gasteiger partial charge >= 0.3 is 0 Å². The minimum atomic E-state index is -0.717. The minimum Gasteiger partial charge on any atom is -0.372 e. The van der Waals surface area contributed by atoms with Crippen LogP contribution in [0.2, 0.25) is 0 Å². The molecule has 0 spiro atoms. The molecule has 160 valence electrons. The van der Waals surface area contributed by atoms with E-state index in [2.05, 4.69) is 29.4 Å². The van der Waals surface area contributed by atoms with Gasteiger partial charge in [0.25, 0.3) is 5.91 Å². The molecule has 0 bridgehead atoms. The fraction of sp³-hybridized carbons (Fsp3) is 0.591. The Morgan fingerprint density at radius 1 is 1.17 bits per heavy atom. The van der Waals surface area contributed by atoms with E-state index in [1.165, 1.54) is 0 Å². The molecular formula is C22H33N3O4. The van der Waals surface area contributed by atoms with E-state index < -0.39 is 12.1 Å². The number of benzene rings is 1. The van der Waals surface area contributed by atoms with Gasteiger partial charge in [-0.05, 0) is 57.4 Å². The molecule has 1 aliphatic heterocycles. The number of hydrogen-bond acceptors (Lipinski definition) is 5. The monoisotopic (exact) mass is 403 g/mol. The normalized spacial score (nSPS) is 19.9. The first-order chi connectivity index (χ1) is 13.8. The lowest BCUT2D eigenvalue weighted by atomic mass is 10.0. The van der Waals surface area contributed by atoms with E-state index in [0.29, 0.717) is 12.0 Å². The molecular weight excluding hydrogens is 370 g/mol. The fourth-order valence-corrected chi connectivity index (χ4v) is 3.47. The Hall–Kier alpha value is -2.41. The van der Waals surface area contributed by atoms with Crippen LogP contribution in [0.3, 0.4) is 0 Å². The van der Waals surface area contributed by atoms with Gasteiger partial charge in [0.15, 0.2) is 5.78 Å². The summed E-state index contributed by atoms with van der Waals surface area (Å²) in [6.45, 7) is 11.7. The van der Waals surface area contributed by atoms with Crippen molar-refractivity contribution in [1.29, 1.82) is 0 Å². The Morgan fingerprint density at radius 2 is 1.79 bits per heavy atom. The lowest BCUT2D eigenvalue weighted by molar-refractivity contribution is -0.127. The van der Waals surface area contributed by atoms with Crippen LogP contribution in [0.1, 0.15) is 51.4 Å². The highest BCUT2D eigenvalue weighted by Gasteiger charge is 2.35. The number of nitrogens with one attached hydrogen (secondary N) is 2. The van der Waals surface area contributed by atoms with Crippen LogP contribution >= 0.6 is 0 Å². The van der Waals surface area contributed by atoms with Crippen molar-refractivity contribution in [2.24, 2.45) is 5.92 Å². The highest BCUT2D eigenvalue weighted by molar-refractivity contribution is 5.99. The summed E-state index contributed by atoms with van der Waals surface area (Å²) in [6.07, 6.45) is 0.111. The number of Topliss-reactive ketones (excluding diaryl/α,β-unsaturated/α-hetero) is 1. The Morgan fingerprint density at radius 3 is 2.28 bits per heavy atom. The molecule has 1 aromatic carbocycles. The van der Waals surface area contributed by atoms with E-state index >= 15 is 0 Å². The van der Waals surface area contributed by atoms with Crippen LogP contribution in [0.5, 0.6) is 0 Å². The summed E-state index contributed by atoms with van der Waals surface area (Å²) < 4.78 is 5.28. The summed E-state index contributed by atoms with van der Waals surface area (Å²) in [5.41, 5.74) is 1.55. The van der Waals surface area contributed by atoms with Crippen molar-refractivity contribution >= 4 is 23.3 Å². The van der Waals surface area contributed by atoms with E-state index in [4.69, 9.17) is 4.74 Å². The molecule has 29 heavy (non-hydrogen) atoms. The van der Waals surface area contributed by atoms with Crippen LogP contribution in [0.15, 0.2) is 24.3 Å². The molecule has 1 fully saturated rings. The number of hydrogen-bond donors (Lipinski definition) is 2. The molecule has 2 N–H and O–H groups in total. The predicted molar refractivity (Wildman–Crippen MR) is 113 cm³/mol. The summed E-state index contributed by atoms with van der Waals surface area (Å²) in [6, 6.07) is 5.98. The van der Waals surface area contributed by atoms with E-state index in [9.17, 15) is 14.4 Å². The number of rotatable bonds is 9. The minimum absolute atomic E-state index is 0.00616. The number of nitrogens with zero attached hydrogens (tertiary/aromatic N) is 1. The quantitative estimate of drug-likeness (QED) is 0.660. The number of anilines is 1. The smallest absolute Gasteiger partial charge is 0.251 e. The van der Waals surface area contributed by atoms with Gasteiger partial charge in [-0.15, -0.1) is 0 Å². The van der Waals surface area contributed by atoms with Crippen LogP contribution in [0.4, 0.5) is 5.69 Å². The summed E-state index contributed by atoms with van der Waals surface area (Å²) in [7, 11) is 0. The molecule has 3 atom stereocenters. The zero-order chi connectivity index (χ0) is 21.6. The molecule has 7 heteroatoms. The molecule has 7 nitrogen and oxygen atoms in total. The van der Waals surface area contributed by atoms with Gasteiger partial charge in [-0.25, -0.2) is 0 Å². The molecule has 1 saturated heterocycles. The van der Waals surface area contributed by atoms with Crippen molar-refractivity contribution in [2.75, 3.05) is 24.6 Å². The summed E-state index contributed by atoms with van der Waals surface area (Å²) in [4.78, 5) is 39.6. The molecule has 0 aliphatic carbocycles. The van der Waals surface area contributed by atoms with Gasteiger partial charge < -0.3 is 20.3 Å². The van der Waals surface area contributed by atoms with Crippen molar-refractivity contribution in [3.63, 3.8) is 0 Å². The maximum atomic E-state index is 12.8. The molecule has 0 saturated carbocycles. The third kappa shape index (κ3) is 6.03. The largest absolute Gasteiger partial charge is 0.372 e. The summed E-state index contributed by atoms with van der Waals surface area (Å²) >= 11 is 0. The maximum Gasteiger partial charge on any atom is 0.251 e. The highest BCUT2D eigenvalue weighted by Crippen LogP contribution is 2.16. The number of carbonyl (C=O) groups excluding carboxylic acids is 3. The van der Waals surface area contributed by atoms with E-state index in [1.807, 2.05) is 26.0 Å². The average Bonchev–Trinajstić information content (AvgIpc) is 3.00. The zero-order valence-corrected chi connectivity index (χ0v) is 18.0. The van der Waals surface area contributed by atoms with Gasteiger partial charge in [-0.1, -0.05) is 13.8 Å². The number of ketones is 1. The van der Waals surface area contributed by atoms with Gasteiger partial charge in [-0.3, -0.25) is 14.4 Å². The van der Waals surface area contributed by atoms with Crippen LogP contribution in [-0.2, 0) is 14.3 Å². The molecule has 2 rings (SSSR count). The second-order valence-corrected chi connectivity index (χ2v) is 7.84. The van der Waals surface area contributed by atoms with Crippen molar-refractivity contribution < 1.29 is 19.1 Å². The fourth-order valence-electron chi connectivity index (χ4n) is 3.47. The van der Waals surface area contributed by atoms with Crippen LogP contribution in [0, 0.1) is 5.92 Å². The van der Waals surface area contributed by atoms with Gasteiger partial charge in [0.1, 0.15) is 18.7 Å². The highest BCUT2D eigenvalue weighted by atomic mass is 16.5. The second-order valence-electron chi connectivity index (χ2n) is 7.84. The van der Waals surface area contributed by atoms with Crippen LogP contribution < -0.4 is 15.5 Å². The van der Waals surface area contributed by atoms with Gasteiger partial charge in [0, 0.05) is 24.3 Å². The zero-order valence-electron chi connectivity index (χ0n) is 18.0. The third-order valence-electron chi connectivity index (χ3n) is 5.19. The molecule has 1 heterocycles. The first-order valence-corrected chi connectivity index (χ1v) is 10.4. The van der Waals surface area contributed by atoms with Gasteiger partial charge in [0.2, 0.25) is 5.91 Å². The van der Waals surface area contributed by atoms with E-state index in [1.54, 1.807) is 19.1 Å². The summed E-state index contributed by atoms with van der Waals surface area (Å²) in [5.74, 6) is -0.613. The molecule has 1 aromatic rings. The Bertz CT molecular complexity index is 713. The third-order valence-corrected chi connectivity index (χ3v) is 5.19. The van der Waals surface area contributed by atoms with Crippen molar-refractivity contribution in [1.82, 2.24) is 10.6 Å². The molecule has 0 radical (unpaired) electrons. The number of ether oxygens (including phenoxy) is 1. The van der Waals surface area contributed by atoms with Gasteiger partial charge in [0.05, 0.1) is 6.10 Å². The SMILES string of the molecule is CCN(CC)c1ccc(C(=O)N[C@@H](CC(C)C)C(=O)N[C@@H]2C(=O)CO[C@@H]2C)cc1. The molecule has 1 aliphatic rings. The Kier molecular flexibility index (Phi) is 8.20. The summed E-state index contributed by atoms with van der Waals surface area (Å²) in [5, 5.41) is 5.57. The predicted octanol–water partition coefficient (Wildman–Crippen LogP) is 2.15. The van der Waals surface area contributed by atoms with Crippen molar-refractivity contribution in [3.8, 4) is 0 Å². The van der Waals surface area contributed by atoms with Crippen LogP contribution in [-0.4, -0.2) is 55.5 Å². The van der Waals surface area contributed by atoms with Crippen molar-refractivity contribution in [2.45, 2.75) is 59.2 Å². The number of carbonyl (C=O) groups is 3. The maximum absolute atomic E-state index is 12.8. The second kappa shape index (κ2) is 10.4. The average molecular weight is 404 g/mol. The van der Waals surface area contributed by atoms with E-state index in [0.717, 1.165) is 18.8 Å². The number of amides is 2. The van der Waals surface area contributed by atoms with E-state index in [-0.39, 0.29) is 36.2 Å². The molecule has 0 aromatic heterocycles. The standard InChI is InChI=1S/C22H33N3O4/c1-6-25(7-2)17-10-8-16(9-11-17)21(27)23-18(12-14(3)4)22(28)24-20-15(5)29-13-19(20)26/h8-11,14-15,18,20H,6-7,12-13H2,1-5H3,(H,23,27)(H,24,28)/t15-,18+,20+/m1/s1. The Balaban J connectivity index is 2.07. The van der Waals surface area contributed by atoms with Crippen molar-refractivity contribution in [3.05, 3.63) is 29.8 Å². The van der Waals surface area contributed by atoms with Crippen LogP contribution in [0.25, 0.3) is 0 Å². The van der Waals surface area contributed by atoms with Gasteiger partial charge in [-0.2, -0.15) is 0 Å². The Labute approximate surface area is 173 Å².